The van der Waals surface area contributed by atoms with Gasteiger partial charge in [-0.2, -0.15) is 0 Å². The van der Waals surface area contributed by atoms with Crippen molar-refractivity contribution in [2.24, 2.45) is 0 Å². The summed E-state index contributed by atoms with van der Waals surface area (Å²) in [4.78, 5) is 13.3. The van der Waals surface area contributed by atoms with Gasteiger partial charge in [-0.05, 0) is 30.3 Å². The molecule has 0 atom stereocenters. The van der Waals surface area contributed by atoms with E-state index in [1.54, 1.807) is 18.2 Å². The van der Waals surface area contributed by atoms with Gasteiger partial charge in [0.1, 0.15) is 11.5 Å². The van der Waals surface area contributed by atoms with Crippen LogP contribution in [0.1, 0.15) is 0 Å². The molecule has 0 N–H and O–H groups in total. The SMILES string of the molecule is CS(=O)(=O)c1nccc(-c2c(-c3ccc(F)cc3)nc3sccn23)n1. The molecule has 3 heterocycles. The molecule has 0 bridgehead atoms. The number of hydrogen-bond donors (Lipinski definition) is 0. The summed E-state index contributed by atoms with van der Waals surface area (Å²) in [5.41, 5.74) is 2.38. The summed E-state index contributed by atoms with van der Waals surface area (Å²) in [5, 5.41) is 1.62. The van der Waals surface area contributed by atoms with Crippen LogP contribution in [0.4, 0.5) is 4.39 Å². The summed E-state index contributed by atoms with van der Waals surface area (Å²) in [6, 6.07) is 7.60. The zero-order valence-electron chi connectivity index (χ0n) is 12.9. The number of nitrogens with zero attached hydrogens (tertiary/aromatic N) is 4. The molecular weight excluding hydrogens is 363 g/mol. The molecule has 0 saturated heterocycles. The van der Waals surface area contributed by atoms with E-state index < -0.39 is 9.84 Å². The lowest BCUT2D eigenvalue weighted by Gasteiger charge is -2.05. The maximum absolute atomic E-state index is 13.2. The third kappa shape index (κ3) is 2.81. The number of halogens is 1. The maximum Gasteiger partial charge on any atom is 0.247 e. The molecule has 0 amide bonds. The monoisotopic (exact) mass is 374 g/mol. The summed E-state index contributed by atoms with van der Waals surface area (Å²) in [6.45, 7) is 0. The van der Waals surface area contributed by atoms with Crippen LogP contribution in [0.2, 0.25) is 0 Å². The molecule has 0 radical (unpaired) electrons. The molecule has 0 fully saturated rings. The third-order valence-corrected chi connectivity index (χ3v) is 5.20. The molecule has 4 rings (SSSR count). The second kappa shape index (κ2) is 5.71. The highest BCUT2D eigenvalue weighted by molar-refractivity contribution is 7.90. The van der Waals surface area contributed by atoms with Crippen molar-refractivity contribution in [3.63, 3.8) is 0 Å². The molecule has 9 heteroatoms. The van der Waals surface area contributed by atoms with E-state index in [2.05, 4.69) is 15.0 Å². The van der Waals surface area contributed by atoms with Crippen LogP contribution >= 0.6 is 11.3 Å². The largest absolute Gasteiger partial charge is 0.288 e. The second-order valence-corrected chi connectivity index (χ2v) is 8.15. The minimum Gasteiger partial charge on any atom is -0.288 e. The van der Waals surface area contributed by atoms with Crippen LogP contribution in [-0.2, 0) is 9.84 Å². The van der Waals surface area contributed by atoms with Gasteiger partial charge >= 0.3 is 0 Å². The Labute approximate surface area is 146 Å². The van der Waals surface area contributed by atoms with Gasteiger partial charge in [0.15, 0.2) is 4.96 Å². The second-order valence-electron chi connectivity index (χ2n) is 5.37. The van der Waals surface area contributed by atoms with Crippen LogP contribution in [0.3, 0.4) is 0 Å². The van der Waals surface area contributed by atoms with Crippen LogP contribution in [-0.4, -0.2) is 34.0 Å². The summed E-state index contributed by atoms with van der Waals surface area (Å²) in [5.74, 6) is -0.340. The molecule has 126 valence electrons. The predicted octanol–water partition coefficient (Wildman–Crippen LogP) is 3.06. The molecule has 1 aromatic carbocycles. The van der Waals surface area contributed by atoms with Gasteiger partial charge in [-0.1, -0.05) is 0 Å². The lowest BCUT2D eigenvalue weighted by Crippen LogP contribution is -2.05. The van der Waals surface area contributed by atoms with Gasteiger partial charge in [0.2, 0.25) is 15.0 Å². The highest BCUT2D eigenvalue weighted by Crippen LogP contribution is 2.33. The molecule has 3 aromatic heterocycles. The van der Waals surface area contributed by atoms with E-state index in [0.29, 0.717) is 22.6 Å². The van der Waals surface area contributed by atoms with Gasteiger partial charge in [-0.25, -0.2) is 27.8 Å². The van der Waals surface area contributed by atoms with Crippen molar-refractivity contribution < 1.29 is 12.8 Å². The van der Waals surface area contributed by atoms with Crippen LogP contribution < -0.4 is 0 Å². The minimum atomic E-state index is -3.54. The molecule has 0 aliphatic heterocycles. The summed E-state index contributed by atoms with van der Waals surface area (Å²) in [7, 11) is -3.54. The van der Waals surface area contributed by atoms with Crippen LogP contribution in [0.25, 0.3) is 27.6 Å². The van der Waals surface area contributed by atoms with Gasteiger partial charge in [0, 0.05) is 29.6 Å². The molecular formula is C16H11FN4O2S2. The normalized spacial score (nSPS) is 11.9. The average Bonchev–Trinajstić information content (AvgIpc) is 3.15. The Hall–Kier alpha value is -2.65. The Morgan fingerprint density at radius 3 is 2.60 bits per heavy atom. The number of benzene rings is 1. The fourth-order valence-corrected chi connectivity index (χ4v) is 3.72. The molecule has 0 saturated carbocycles. The fourth-order valence-electron chi connectivity index (χ4n) is 2.49. The van der Waals surface area contributed by atoms with Crippen molar-refractivity contribution in [3.05, 3.63) is 53.9 Å². The topological polar surface area (TPSA) is 77.2 Å². The van der Waals surface area contributed by atoms with E-state index in [1.807, 2.05) is 16.0 Å². The Morgan fingerprint density at radius 2 is 1.88 bits per heavy atom. The first-order valence-corrected chi connectivity index (χ1v) is 9.95. The Bertz CT molecular complexity index is 1180. The van der Waals surface area contributed by atoms with E-state index >= 15 is 0 Å². The van der Waals surface area contributed by atoms with E-state index in [-0.39, 0.29) is 11.0 Å². The van der Waals surface area contributed by atoms with Crippen molar-refractivity contribution in [2.45, 2.75) is 5.16 Å². The van der Waals surface area contributed by atoms with Gasteiger partial charge in [0.05, 0.1) is 11.4 Å². The van der Waals surface area contributed by atoms with Crippen LogP contribution in [0, 0.1) is 5.82 Å². The fraction of sp³-hybridized carbons (Fsp3) is 0.0625. The maximum atomic E-state index is 13.2. The van der Waals surface area contributed by atoms with Crippen molar-refractivity contribution in [3.8, 4) is 22.6 Å². The number of thiazole rings is 1. The minimum absolute atomic E-state index is 0.250. The first-order chi connectivity index (χ1) is 11.9. The molecule has 0 aliphatic carbocycles. The summed E-state index contributed by atoms with van der Waals surface area (Å²) < 4.78 is 38.6. The lowest BCUT2D eigenvalue weighted by atomic mass is 10.1. The zero-order valence-corrected chi connectivity index (χ0v) is 14.6. The van der Waals surface area contributed by atoms with Gasteiger partial charge in [0.25, 0.3) is 0 Å². The average molecular weight is 374 g/mol. The smallest absolute Gasteiger partial charge is 0.247 e. The van der Waals surface area contributed by atoms with Gasteiger partial charge in [-0.15, -0.1) is 11.3 Å². The highest BCUT2D eigenvalue weighted by Gasteiger charge is 2.20. The number of fused-ring (bicyclic) bond motifs is 1. The van der Waals surface area contributed by atoms with Gasteiger partial charge < -0.3 is 0 Å². The first kappa shape index (κ1) is 15.9. The number of hydrogen-bond acceptors (Lipinski definition) is 6. The van der Waals surface area contributed by atoms with Crippen molar-refractivity contribution in [2.75, 3.05) is 6.26 Å². The zero-order chi connectivity index (χ0) is 17.6. The Balaban J connectivity index is 1.99. The van der Waals surface area contributed by atoms with Crippen LogP contribution in [0.15, 0.2) is 53.3 Å². The third-order valence-electron chi connectivity index (χ3n) is 3.59. The van der Waals surface area contributed by atoms with Gasteiger partial charge in [-0.3, -0.25) is 4.40 Å². The molecule has 0 spiro atoms. The number of aromatic nitrogens is 4. The van der Waals surface area contributed by atoms with E-state index in [0.717, 1.165) is 11.2 Å². The number of rotatable bonds is 3. The molecule has 0 unspecified atom stereocenters. The summed E-state index contributed by atoms with van der Waals surface area (Å²) in [6.07, 6.45) is 4.29. The Kier molecular flexibility index (Phi) is 3.62. The first-order valence-electron chi connectivity index (χ1n) is 7.18. The Morgan fingerprint density at radius 1 is 1.12 bits per heavy atom. The van der Waals surface area contributed by atoms with E-state index in [1.165, 1.54) is 29.7 Å². The van der Waals surface area contributed by atoms with E-state index in [9.17, 15) is 12.8 Å². The number of sulfone groups is 1. The highest BCUT2D eigenvalue weighted by atomic mass is 32.2. The molecule has 4 aromatic rings. The van der Waals surface area contributed by atoms with Crippen LogP contribution in [0.5, 0.6) is 0 Å². The lowest BCUT2D eigenvalue weighted by molar-refractivity contribution is 0.593. The predicted molar refractivity (Wildman–Crippen MR) is 92.6 cm³/mol. The quantitative estimate of drug-likeness (QED) is 0.515. The van der Waals surface area contributed by atoms with E-state index in [4.69, 9.17) is 0 Å². The molecule has 0 aliphatic rings. The number of imidazole rings is 1. The van der Waals surface area contributed by atoms with Crippen molar-refractivity contribution in [1.29, 1.82) is 0 Å². The van der Waals surface area contributed by atoms with Crippen molar-refractivity contribution >= 4 is 26.1 Å². The summed E-state index contributed by atoms with van der Waals surface area (Å²) >= 11 is 1.44. The standard InChI is InChI=1S/C16H11FN4O2S2/c1-25(22,23)15-18-7-6-12(19-15)14-13(10-2-4-11(17)5-3-10)20-16-21(14)8-9-24-16/h2-9H,1H3. The molecule has 6 nitrogen and oxygen atoms in total. The molecule has 25 heavy (non-hydrogen) atoms. The van der Waals surface area contributed by atoms with Crippen molar-refractivity contribution in [1.82, 2.24) is 19.4 Å².